The van der Waals surface area contributed by atoms with Gasteiger partial charge in [0.2, 0.25) is 5.91 Å². The van der Waals surface area contributed by atoms with E-state index in [0.717, 1.165) is 22.5 Å². The van der Waals surface area contributed by atoms with Crippen LogP contribution in [-0.2, 0) is 14.9 Å². The number of rotatable bonds is 8. The zero-order valence-corrected chi connectivity index (χ0v) is 20.9. The number of methoxy groups -OCH3 is 1. The monoisotopic (exact) mass is 462 g/mol. The van der Waals surface area contributed by atoms with Crippen LogP contribution >= 0.6 is 0 Å². The van der Waals surface area contributed by atoms with E-state index in [1.165, 1.54) is 4.90 Å². The Kier molecular flexibility index (Phi) is 7.89. The molecule has 0 aliphatic heterocycles. The van der Waals surface area contributed by atoms with E-state index >= 15 is 0 Å². The number of nitrogens with zero attached hydrogens (tertiary/aromatic N) is 3. The van der Waals surface area contributed by atoms with Crippen molar-refractivity contribution in [2.45, 2.75) is 40.0 Å². The molecule has 3 aromatic rings. The highest BCUT2D eigenvalue weighted by atomic mass is 16.5. The molecule has 0 aliphatic rings. The molecule has 1 N–H and O–H groups in total. The summed E-state index contributed by atoms with van der Waals surface area (Å²) in [5.74, 6) is 0.0560. The van der Waals surface area contributed by atoms with E-state index in [1.807, 2.05) is 56.3 Å². The average molecular weight is 463 g/mol. The van der Waals surface area contributed by atoms with Crippen LogP contribution in [0.1, 0.15) is 48.0 Å². The highest BCUT2D eigenvalue weighted by molar-refractivity contribution is 5.99. The van der Waals surface area contributed by atoms with Crippen molar-refractivity contribution in [1.29, 1.82) is 0 Å². The minimum absolute atomic E-state index is 0.0973. The molecule has 0 atom stereocenters. The molecule has 2 aromatic carbocycles. The molecule has 0 spiro atoms. The fraction of sp³-hybridized carbons (Fsp3) is 0.370. The van der Waals surface area contributed by atoms with Crippen LogP contribution in [0.5, 0.6) is 0 Å². The van der Waals surface area contributed by atoms with Gasteiger partial charge in [0.05, 0.1) is 18.0 Å². The van der Waals surface area contributed by atoms with E-state index in [4.69, 9.17) is 9.84 Å². The van der Waals surface area contributed by atoms with Gasteiger partial charge < -0.3 is 15.0 Å². The highest BCUT2D eigenvalue weighted by Crippen LogP contribution is 2.27. The first-order chi connectivity index (χ1) is 16.1. The van der Waals surface area contributed by atoms with Crippen molar-refractivity contribution in [1.82, 2.24) is 14.7 Å². The molecular formula is C27H34N4O3. The quantitative estimate of drug-likeness (QED) is 0.534. The van der Waals surface area contributed by atoms with Crippen LogP contribution in [0.3, 0.4) is 0 Å². The van der Waals surface area contributed by atoms with Crippen LogP contribution < -0.4 is 5.32 Å². The maximum Gasteiger partial charge on any atom is 0.254 e. The van der Waals surface area contributed by atoms with Gasteiger partial charge in [0.25, 0.3) is 5.91 Å². The molecule has 0 unspecified atom stereocenters. The molecule has 34 heavy (non-hydrogen) atoms. The summed E-state index contributed by atoms with van der Waals surface area (Å²) in [6.07, 6.45) is 0. The number of ether oxygens (including phenoxy) is 1. The highest BCUT2D eigenvalue weighted by Gasteiger charge is 2.24. The normalized spacial score (nSPS) is 11.4. The molecule has 7 heteroatoms. The lowest BCUT2D eigenvalue weighted by Crippen LogP contribution is -2.40. The number of amides is 2. The van der Waals surface area contributed by atoms with Crippen LogP contribution in [0, 0.1) is 13.8 Å². The van der Waals surface area contributed by atoms with Gasteiger partial charge in [-0.3, -0.25) is 9.59 Å². The van der Waals surface area contributed by atoms with E-state index < -0.39 is 0 Å². The number of nitrogens with one attached hydrogen (secondary N) is 1. The van der Waals surface area contributed by atoms with Crippen LogP contribution in [-0.4, -0.2) is 53.3 Å². The Morgan fingerprint density at radius 3 is 2.35 bits per heavy atom. The zero-order chi connectivity index (χ0) is 24.9. The van der Waals surface area contributed by atoms with Crippen molar-refractivity contribution >= 4 is 17.6 Å². The Bertz CT molecular complexity index is 1140. The third-order valence-electron chi connectivity index (χ3n) is 5.57. The number of hydrogen-bond donors (Lipinski definition) is 1. The first kappa shape index (κ1) is 25.2. The number of benzene rings is 2. The molecular weight excluding hydrogens is 428 g/mol. The lowest BCUT2D eigenvalue weighted by Gasteiger charge is -2.22. The molecule has 0 fully saturated rings. The summed E-state index contributed by atoms with van der Waals surface area (Å²) in [6, 6.07) is 17.1. The van der Waals surface area contributed by atoms with E-state index in [9.17, 15) is 9.59 Å². The lowest BCUT2D eigenvalue weighted by molar-refractivity contribution is -0.117. The maximum atomic E-state index is 13.1. The first-order valence-electron chi connectivity index (χ1n) is 11.4. The SMILES string of the molecule is COCCN(CC(=O)Nc1cc(C(C)(C)C)nn1-c1ccccc1C)C(=O)c1ccc(C)cc1. The minimum Gasteiger partial charge on any atom is -0.383 e. The van der Waals surface area contributed by atoms with E-state index in [1.54, 1.807) is 23.9 Å². The van der Waals surface area contributed by atoms with Crippen molar-refractivity contribution in [3.63, 3.8) is 0 Å². The number of para-hydroxylation sites is 1. The fourth-order valence-electron chi connectivity index (χ4n) is 3.51. The van der Waals surface area contributed by atoms with E-state index in [-0.39, 0.29) is 23.8 Å². The molecule has 1 aromatic heterocycles. The number of carbonyl (C=O) groups excluding carboxylic acids is 2. The third-order valence-corrected chi connectivity index (χ3v) is 5.57. The molecule has 1 heterocycles. The molecule has 0 saturated heterocycles. The number of anilines is 1. The van der Waals surface area contributed by atoms with Crippen molar-refractivity contribution in [3.05, 3.63) is 77.0 Å². The fourth-order valence-corrected chi connectivity index (χ4v) is 3.51. The zero-order valence-electron chi connectivity index (χ0n) is 20.9. The second-order valence-corrected chi connectivity index (χ2v) is 9.50. The van der Waals surface area contributed by atoms with Gasteiger partial charge in [-0.15, -0.1) is 0 Å². The smallest absolute Gasteiger partial charge is 0.254 e. The summed E-state index contributed by atoms with van der Waals surface area (Å²) in [6.45, 7) is 10.8. The maximum absolute atomic E-state index is 13.1. The first-order valence-corrected chi connectivity index (χ1v) is 11.4. The Labute approximate surface area is 201 Å². The van der Waals surface area contributed by atoms with Gasteiger partial charge in [-0.2, -0.15) is 5.10 Å². The van der Waals surface area contributed by atoms with Crippen LogP contribution in [0.15, 0.2) is 54.6 Å². The van der Waals surface area contributed by atoms with E-state index in [0.29, 0.717) is 24.5 Å². The van der Waals surface area contributed by atoms with Crippen molar-refractivity contribution in [2.75, 3.05) is 32.1 Å². The molecule has 3 rings (SSSR count). The van der Waals surface area contributed by atoms with Gasteiger partial charge in [0.1, 0.15) is 12.4 Å². The van der Waals surface area contributed by atoms with Gasteiger partial charge in [-0.05, 0) is 37.6 Å². The Morgan fingerprint density at radius 2 is 1.74 bits per heavy atom. The molecule has 0 bridgehead atoms. The summed E-state index contributed by atoms with van der Waals surface area (Å²) in [5, 5.41) is 7.76. The van der Waals surface area contributed by atoms with Crippen LogP contribution in [0.25, 0.3) is 5.69 Å². The topological polar surface area (TPSA) is 76.5 Å². The number of aryl methyl sites for hydroxylation is 2. The van der Waals surface area contributed by atoms with Gasteiger partial charge in [-0.1, -0.05) is 56.7 Å². The lowest BCUT2D eigenvalue weighted by atomic mass is 9.92. The number of carbonyl (C=O) groups is 2. The summed E-state index contributed by atoms with van der Waals surface area (Å²) < 4.78 is 6.93. The third kappa shape index (κ3) is 6.11. The predicted octanol–water partition coefficient (Wildman–Crippen LogP) is 4.51. The van der Waals surface area contributed by atoms with Gasteiger partial charge >= 0.3 is 0 Å². The summed E-state index contributed by atoms with van der Waals surface area (Å²) in [4.78, 5) is 27.7. The van der Waals surface area contributed by atoms with Gasteiger partial charge in [-0.25, -0.2) is 4.68 Å². The van der Waals surface area contributed by atoms with Crippen molar-refractivity contribution in [3.8, 4) is 5.69 Å². The summed E-state index contributed by atoms with van der Waals surface area (Å²) >= 11 is 0. The number of hydrogen-bond acceptors (Lipinski definition) is 4. The summed E-state index contributed by atoms with van der Waals surface area (Å²) in [5.41, 5.74) is 4.20. The summed E-state index contributed by atoms with van der Waals surface area (Å²) in [7, 11) is 1.57. The molecule has 0 aliphatic carbocycles. The molecule has 7 nitrogen and oxygen atoms in total. The predicted molar refractivity (Wildman–Crippen MR) is 135 cm³/mol. The Hall–Kier alpha value is -3.45. The van der Waals surface area contributed by atoms with Gasteiger partial charge in [0.15, 0.2) is 0 Å². The Balaban J connectivity index is 1.86. The second-order valence-electron chi connectivity index (χ2n) is 9.50. The van der Waals surface area contributed by atoms with Gasteiger partial charge in [0, 0.05) is 30.7 Å². The van der Waals surface area contributed by atoms with Crippen LogP contribution in [0.4, 0.5) is 5.82 Å². The molecule has 0 saturated carbocycles. The largest absolute Gasteiger partial charge is 0.383 e. The molecule has 0 radical (unpaired) electrons. The molecule has 2 amide bonds. The standard InChI is InChI=1S/C27H34N4O3/c1-19-11-13-21(14-12-19)26(33)30(15-16-34-6)18-25(32)28-24-17-23(27(3,4)5)29-31(24)22-10-8-7-9-20(22)2/h7-14,17H,15-16,18H2,1-6H3,(H,28,32). The average Bonchev–Trinajstić information content (AvgIpc) is 3.21. The number of aromatic nitrogens is 2. The van der Waals surface area contributed by atoms with Crippen molar-refractivity contribution in [2.24, 2.45) is 0 Å². The molecule has 180 valence electrons. The van der Waals surface area contributed by atoms with E-state index in [2.05, 4.69) is 26.1 Å². The minimum atomic E-state index is -0.299. The van der Waals surface area contributed by atoms with Crippen LogP contribution in [0.2, 0.25) is 0 Å². The Morgan fingerprint density at radius 1 is 1.06 bits per heavy atom. The second kappa shape index (κ2) is 10.7. The van der Waals surface area contributed by atoms with Crippen molar-refractivity contribution < 1.29 is 14.3 Å².